The van der Waals surface area contributed by atoms with Gasteiger partial charge in [-0.1, -0.05) is 0 Å². The fourth-order valence-corrected chi connectivity index (χ4v) is 3.50. The third kappa shape index (κ3) is 2.37. The number of alkyl halides is 1. The molecule has 0 saturated heterocycles. The lowest BCUT2D eigenvalue weighted by Gasteiger charge is -2.03. The molecule has 1 heterocycles. The second-order valence-corrected chi connectivity index (χ2v) is 6.82. The molecule has 3 rings (SSSR count). The Morgan fingerprint density at radius 1 is 1.35 bits per heavy atom. The van der Waals surface area contributed by atoms with Crippen molar-refractivity contribution in [2.75, 3.05) is 0 Å². The Kier molecular flexibility index (Phi) is 2.72. The van der Waals surface area contributed by atoms with Gasteiger partial charge in [0.25, 0.3) is 0 Å². The van der Waals surface area contributed by atoms with Crippen molar-refractivity contribution in [1.29, 1.82) is 0 Å². The van der Waals surface area contributed by atoms with Crippen molar-refractivity contribution in [3.8, 4) is 0 Å². The SMILES string of the molecule is O=S(=O)(NC1CC1)c1cc(CCl)n(C2CC2)c1. The van der Waals surface area contributed by atoms with E-state index in [4.69, 9.17) is 11.6 Å². The number of hydrogen-bond donors (Lipinski definition) is 1. The van der Waals surface area contributed by atoms with Crippen LogP contribution in [0.25, 0.3) is 0 Å². The maximum atomic E-state index is 12.0. The average molecular weight is 275 g/mol. The first-order chi connectivity index (χ1) is 8.10. The molecule has 0 radical (unpaired) electrons. The van der Waals surface area contributed by atoms with Gasteiger partial charge in [-0.2, -0.15) is 0 Å². The molecule has 0 unspecified atom stereocenters. The summed E-state index contributed by atoms with van der Waals surface area (Å²) in [6.07, 6.45) is 5.86. The molecule has 6 heteroatoms. The largest absolute Gasteiger partial charge is 0.346 e. The van der Waals surface area contributed by atoms with Crippen LogP contribution in [-0.4, -0.2) is 19.0 Å². The molecule has 94 valence electrons. The summed E-state index contributed by atoms with van der Waals surface area (Å²) in [6, 6.07) is 2.29. The summed E-state index contributed by atoms with van der Waals surface area (Å²) in [4.78, 5) is 0.354. The molecule has 4 nitrogen and oxygen atoms in total. The number of halogens is 1. The first kappa shape index (κ1) is 11.6. The average Bonchev–Trinajstić information content (AvgIpc) is 3.19. The number of rotatable bonds is 5. The summed E-state index contributed by atoms with van der Waals surface area (Å²) in [5.74, 6) is 0.357. The summed E-state index contributed by atoms with van der Waals surface area (Å²) in [5.41, 5.74) is 0.894. The maximum absolute atomic E-state index is 12.0. The molecule has 0 aromatic carbocycles. The van der Waals surface area contributed by atoms with Crippen LogP contribution in [0.5, 0.6) is 0 Å². The number of nitrogens with zero attached hydrogens (tertiary/aromatic N) is 1. The fourth-order valence-electron chi connectivity index (χ4n) is 1.93. The van der Waals surface area contributed by atoms with E-state index in [1.165, 1.54) is 0 Å². The standard InChI is InChI=1S/C11H15ClN2O2S/c12-6-10-5-11(7-14(10)9-3-4-9)17(15,16)13-8-1-2-8/h5,7-9,13H,1-4,6H2. The van der Waals surface area contributed by atoms with Gasteiger partial charge in [-0.15, -0.1) is 11.6 Å². The minimum Gasteiger partial charge on any atom is -0.346 e. The Labute approximate surface area is 106 Å². The quantitative estimate of drug-likeness (QED) is 0.835. The van der Waals surface area contributed by atoms with Gasteiger partial charge < -0.3 is 4.57 Å². The summed E-state index contributed by atoms with van der Waals surface area (Å²) < 4.78 is 28.8. The molecule has 0 bridgehead atoms. The van der Waals surface area contributed by atoms with Gasteiger partial charge >= 0.3 is 0 Å². The molecule has 1 aromatic heterocycles. The van der Waals surface area contributed by atoms with E-state index in [0.29, 0.717) is 16.8 Å². The van der Waals surface area contributed by atoms with Crippen LogP contribution < -0.4 is 4.72 Å². The van der Waals surface area contributed by atoms with Crippen molar-refractivity contribution < 1.29 is 8.42 Å². The van der Waals surface area contributed by atoms with Crippen LogP contribution in [0.1, 0.15) is 37.4 Å². The van der Waals surface area contributed by atoms with Crippen LogP contribution in [0, 0.1) is 0 Å². The minimum absolute atomic E-state index is 0.142. The Bertz CT molecular complexity index is 530. The molecule has 2 fully saturated rings. The van der Waals surface area contributed by atoms with Gasteiger partial charge in [0, 0.05) is 24.0 Å². The Hall–Kier alpha value is -0.520. The molecule has 1 N–H and O–H groups in total. The summed E-state index contributed by atoms with van der Waals surface area (Å²) in [7, 11) is -3.34. The van der Waals surface area contributed by atoms with Crippen LogP contribution >= 0.6 is 11.6 Å². The van der Waals surface area contributed by atoms with Crippen molar-refractivity contribution in [1.82, 2.24) is 9.29 Å². The van der Waals surface area contributed by atoms with Gasteiger partial charge in [0.2, 0.25) is 10.0 Å². The fraction of sp³-hybridized carbons (Fsp3) is 0.636. The van der Waals surface area contributed by atoms with Crippen molar-refractivity contribution in [3.05, 3.63) is 18.0 Å². The minimum atomic E-state index is -3.34. The molecule has 1 aromatic rings. The smallest absolute Gasteiger partial charge is 0.242 e. The van der Waals surface area contributed by atoms with Crippen LogP contribution in [-0.2, 0) is 15.9 Å². The predicted molar refractivity (Wildman–Crippen MR) is 65.6 cm³/mol. The molecule has 2 aliphatic rings. The van der Waals surface area contributed by atoms with Crippen molar-refractivity contribution in [2.45, 2.75) is 48.5 Å². The Morgan fingerprint density at radius 3 is 2.59 bits per heavy atom. The maximum Gasteiger partial charge on any atom is 0.242 e. The summed E-state index contributed by atoms with van der Waals surface area (Å²) in [5, 5.41) is 0. The predicted octanol–water partition coefficient (Wildman–Crippen LogP) is 2.00. The van der Waals surface area contributed by atoms with Crippen LogP contribution in [0.15, 0.2) is 17.2 Å². The highest BCUT2D eigenvalue weighted by molar-refractivity contribution is 7.89. The zero-order chi connectivity index (χ0) is 12.0. The molecule has 0 atom stereocenters. The lowest BCUT2D eigenvalue weighted by atomic mass is 10.5. The van der Waals surface area contributed by atoms with Gasteiger partial charge in [0.05, 0.1) is 10.8 Å². The van der Waals surface area contributed by atoms with E-state index in [1.54, 1.807) is 12.3 Å². The van der Waals surface area contributed by atoms with E-state index in [2.05, 4.69) is 4.72 Å². The van der Waals surface area contributed by atoms with E-state index in [1.807, 2.05) is 4.57 Å². The van der Waals surface area contributed by atoms with Crippen LogP contribution in [0.4, 0.5) is 0 Å². The molecule has 2 aliphatic carbocycles. The van der Waals surface area contributed by atoms with Gasteiger partial charge in [0.1, 0.15) is 0 Å². The van der Waals surface area contributed by atoms with E-state index < -0.39 is 10.0 Å². The number of hydrogen-bond acceptors (Lipinski definition) is 2. The first-order valence-electron chi connectivity index (χ1n) is 5.89. The second kappa shape index (κ2) is 4.00. The first-order valence-corrected chi connectivity index (χ1v) is 7.91. The van der Waals surface area contributed by atoms with E-state index >= 15 is 0 Å². The highest BCUT2D eigenvalue weighted by atomic mass is 35.5. The number of nitrogens with one attached hydrogen (secondary N) is 1. The van der Waals surface area contributed by atoms with Crippen molar-refractivity contribution in [3.63, 3.8) is 0 Å². The second-order valence-electron chi connectivity index (χ2n) is 4.83. The van der Waals surface area contributed by atoms with E-state index in [-0.39, 0.29) is 6.04 Å². The third-order valence-corrected chi connectivity index (χ3v) is 4.95. The lowest BCUT2D eigenvalue weighted by Crippen LogP contribution is -2.25. The molecular formula is C11H15ClN2O2S. The van der Waals surface area contributed by atoms with Crippen molar-refractivity contribution >= 4 is 21.6 Å². The zero-order valence-corrected chi connectivity index (χ0v) is 11.0. The van der Waals surface area contributed by atoms with Crippen LogP contribution in [0.2, 0.25) is 0 Å². The molecule has 0 spiro atoms. The van der Waals surface area contributed by atoms with E-state index in [0.717, 1.165) is 31.4 Å². The zero-order valence-electron chi connectivity index (χ0n) is 9.39. The van der Waals surface area contributed by atoms with Gasteiger partial charge in [-0.25, -0.2) is 13.1 Å². The molecular weight excluding hydrogens is 260 g/mol. The Balaban J connectivity index is 1.91. The monoisotopic (exact) mass is 274 g/mol. The normalized spacial score (nSPS) is 20.8. The Morgan fingerprint density at radius 2 is 2.06 bits per heavy atom. The topological polar surface area (TPSA) is 51.1 Å². The third-order valence-electron chi connectivity index (χ3n) is 3.19. The number of sulfonamides is 1. The molecule has 0 amide bonds. The lowest BCUT2D eigenvalue weighted by molar-refractivity contribution is 0.580. The molecule has 2 saturated carbocycles. The highest BCUT2D eigenvalue weighted by Gasteiger charge is 2.31. The summed E-state index contributed by atoms with van der Waals surface area (Å²) in [6.45, 7) is 0. The van der Waals surface area contributed by atoms with Crippen LogP contribution in [0.3, 0.4) is 0 Å². The van der Waals surface area contributed by atoms with Crippen molar-refractivity contribution in [2.24, 2.45) is 0 Å². The van der Waals surface area contributed by atoms with E-state index in [9.17, 15) is 8.42 Å². The van der Waals surface area contributed by atoms with Gasteiger partial charge in [-0.05, 0) is 31.7 Å². The molecule has 0 aliphatic heterocycles. The van der Waals surface area contributed by atoms with Gasteiger partial charge in [-0.3, -0.25) is 0 Å². The highest BCUT2D eigenvalue weighted by Crippen LogP contribution is 2.37. The number of aromatic nitrogens is 1. The van der Waals surface area contributed by atoms with Gasteiger partial charge in [0.15, 0.2) is 0 Å². The summed E-state index contributed by atoms with van der Waals surface area (Å²) >= 11 is 5.85. The molecule has 17 heavy (non-hydrogen) atoms.